The van der Waals surface area contributed by atoms with Crippen molar-refractivity contribution in [2.24, 2.45) is 0 Å². The molecule has 5 rings (SSSR count). The molecule has 0 saturated heterocycles. The van der Waals surface area contributed by atoms with Gasteiger partial charge in [0.15, 0.2) is 17.3 Å². The lowest BCUT2D eigenvalue weighted by Crippen LogP contribution is -2.15. The number of pyridine rings is 1. The van der Waals surface area contributed by atoms with E-state index in [4.69, 9.17) is 11.6 Å². The van der Waals surface area contributed by atoms with Crippen LogP contribution in [0.3, 0.4) is 0 Å². The van der Waals surface area contributed by atoms with Gasteiger partial charge in [-0.15, -0.1) is 5.10 Å². The predicted octanol–water partition coefficient (Wildman–Crippen LogP) is 5.21. The number of ketones is 1. The fourth-order valence-electron chi connectivity index (χ4n) is 4.36. The number of carbonyl (C=O) groups excluding carboxylic acids is 2. The number of tetrazole rings is 1. The molecule has 10 heteroatoms. The van der Waals surface area contributed by atoms with Crippen LogP contribution in [0.4, 0.5) is 0 Å². The molecular weight excluding hydrogens is 502 g/mol. The zero-order valence-electron chi connectivity index (χ0n) is 20.6. The number of aromatic amines is 1. The predicted molar refractivity (Wildman–Crippen MR) is 143 cm³/mol. The first kappa shape index (κ1) is 25.2. The van der Waals surface area contributed by atoms with Gasteiger partial charge in [-0.1, -0.05) is 73.5 Å². The fourth-order valence-corrected chi connectivity index (χ4v) is 4.64. The van der Waals surface area contributed by atoms with Gasteiger partial charge in [0, 0.05) is 18.5 Å². The molecule has 5 aromatic rings. The number of imidazole rings is 1. The summed E-state index contributed by atoms with van der Waals surface area (Å²) in [6, 6.07) is 20.7. The van der Waals surface area contributed by atoms with Gasteiger partial charge in [0.2, 0.25) is 5.78 Å². The largest absolute Gasteiger partial charge is 0.319 e. The summed E-state index contributed by atoms with van der Waals surface area (Å²) in [6.45, 7) is 2.44. The number of hydrogen-bond donors (Lipinski definition) is 1. The fraction of sp³-hybridized carbons (Fsp3) is 0.179. The molecule has 0 aliphatic heterocycles. The van der Waals surface area contributed by atoms with E-state index >= 15 is 0 Å². The molecule has 190 valence electrons. The third kappa shape index (κ3) is 5.14. The summed E-state index contributed by atoms with van der Waals surface area (Å²) in [6.07, 6.45) is 3.12. The van der Waals surface area contributed by atoms with Crippen LogP contribution in [0.1, 0.15) is 57.8 Å². The van der Waals surface area contributed by atoms with Crippen molar-refractivity contribution in [3.8, 4) is 22.5 Å². The lowest BCUT2D eigenvalue weighted by Gasteiger charge is -2.14. The minimum atomic E-state index is -0.394. The van der Waals surface area contributed by atoms with Gasteiger partial charge >= 0.3 is 0 Å². The molecule has 0 unspecified atom stereocenters. The first-order chi connectivity index (χ1) is 18.6. The molecular formula is C28H24ClN7O2. The number of nitrogens with zero attached hydrogens (tertiary/aromatic N) is 6. The molecule has 3 aromatic heterocycles. The molecule has 0 saturated carbocycles. The summed E-state index contributed by atoms with van der Waals surface area (Å²) in [4.78, 5) is 33.5. The first-order valence-corrected chi connectivity index (χ1v) is 12.6. The van der Waals surface area contributed by atoms with Crippen LogP contribution in [0.25, 0.3) is 22.5 Å². The van der Waals surface area contributed by atoms with E-state index in [1.165, 1.54) is 0 Å². The van der Waals surface area contributed by atoms with Gasteiger partial charge in [-0.2, -0.15) is 0 Å². The van der Waals surface area contributed by atoms with Crippen molar-refractivity contribution in [2.75, 3.05) is 0 Å². The van der Waals surface area contributed by atoms with Crippen LogP contribution < -0.4 is 0 Å². The summed E-state index contributed by atoms with van der Waals surface area (Å²) < 4.78 is 1.84. The maximum Gasteiger partial charge on any atom is 0.230 e. The molecule has 38 heavy (non-hydrogen) atoms. The van der Waals surface area contributed by atoms with Crippen molar-refractivity contribution in [3.63, 3.8) is 0 Å². The Balaban J connectivity index is 1.59. The standard InChI is InChI=1S/C28H24ClN7O2/c1-2-3-12-24-31-27(29)25(26(38)23-11-7-10-20(17-37)30-23)36(24)16-18-13-14-21(19-8-5-4-6-9-19)22(15-18)28-32-34-35-33-28/h4-11,13-15,17H,2-3,12,16H2,1H3,(H,32,33,34,35). The monoisotopic (exact) mass is 525 g/mol. The second-order valence-electron chi connectivity index (χ2n) is 8.75. The minimum Gasteiger partial charge on any atom is -0.319 e. The molecule has 0 radical (unpaired) electrons. The van der Waals surface area contributed by atoms with E-state index in [-0.39, 0.29) is 22.2 Å². The Hall–Kier alpha value is -4.50. The highest BCUT2D eigenvalue weighted by molar-refractivity contribution is 6.33. The number of aromatic nitrogens is 7. The van der Waals surface area contributed by atoms with Gasteiger partial charge in [0.25, 0.3) is 0 Å². The van der Waals surface area contributed by atoms with E-state index in [9.17, 15) is 9.59 Å². The van der Waals surface area contributed by atoms with Crippen LogP contribution in [0.5, 0.6) is 0 Å². The highest BCUT2D eigenvalue weighted by atomic mass is 35.5. The molecule has 0 fully saturated rings. The Morgan fingerprint density at radius 3 is 2.61 bits per heavy atom. The zero-order valence-corrected chi connectivity index (χ0v) is 21.4. The summed E-state index contributed by atoms with van der Waals surface area (Å²) in [7, 11) is 0. The summed E-state index contributed by atoms with van der Waals surface area (Å²) in [5, 5.41) is 14.6. The smallest absolute Gasteiger partial charge is 0.230 e. The number of hydrogen-bond acceptors (Lipinski definition) is 7. The van der Waals surface area contributed by atoms with Crippen molar-refractivity contribution in [3.05, 3.63) is 100 Å². The van der Waals surface area contributed by atoms with Crippen LogP contribution in [0.15, 0.2) is 66.7 Å². The quantitative estimate of drug-likeness (QED) is 0.196. The SMILES string of the molecule is CCCCc1nc(Cl)c(C(=O)c2cccc(C=O)n2)n1Cc1ccc(-c2ccccc2)c(-c2nnn[nH]2)c1. The second kappa shape index (κ2) is 11.3. The number of nitrogens with one attached hydrogen (secondary N) is 1. The lowest BCUT2D eigenvalue weighted by atomic mass is 9.97. The van der Waals surface area contributed by atoms with Gasteiger partial charge in [-0.05, 0) is 51.7 Å². The Morgan fingerprint density at radius 1 is 1.03 bits per heavy atom. The number of H-pyrrole nitrogens is 1. The molecule has 0 amide bonds. The van der Waals surface area contributed by atoms with Crippen LogP contribution in [0, 0.1) is 0 Å². The molecule has 0 aliphatic carbocycles. The number of unbranched alkanes of at least 4 members (excludes halogenated alkanes) is 1. The Bertz CT molecular complexity index is 1580. The number of rotatable bonds is 10. The Labute approximate surface area is 223 Å². The third-order valence-electron chi connectivity index (χ3n) is 6.21. The highest BCUT2D eigenvalue weighted by Gasteiger charge is 2.25. The molecule has 0 atom stereocenters. The molecule has 9 nitrogen and oxygen atoms in total. The number of carbonyl (C=O) groups is 2. The number of aldehydes is 1. The van der Waals surface area contributed by atoms with Crippen molar-refractivity contribution in [1.82, 2.24) is 35.2 Å². The molecule has 0 bridgehead atoms. The Morgan fingerprint density at radius 2 is 1.87 bits per heavy atom. The average molecular weight is 526 g/mol. The first-order valence-electron chi connectivity index (χ1n) is 12.2. The minimum absolute atomic E-state index is 0.111. The van der Waals surface area contributed by atoms with Crippen molar-refractivity contribution >= 4 is 23.7 Å². The number of halogens is 1. The summed E-state index contributed by atoms with van der Waals surface area (Å²) in [5.74, 6) is 0.850. The third-order valence-corrected chi connectivity index (χ3v) is 6.47. The van der Waals surface area contributed by atoms with Crippen molar-refractivity contribution in [1.29, 1.82) is 0 Å². The van der Waals surface area contributed by atoms with Gasteiger partial charge < -0.3 is 4.57 Å². The number of benzene rings is 2. The van der Waals surface area contributed by atoms with E-state index in [1.807, 2.05) is 53.1 Å². The molecule has 1 N–H and O–H groups in total. The van der Waals surface area contributed by atoms with Gasteiger partial charge in [-0.25, -0.2) is 15.1 Å². The van der Waals surface area contributed by atoms with Crippen LogP contribution in [-0.4, -0.2) is 47.2 Å². The highest BCUT2D eigenvalue weighted by Crippen LogP contribution is 2.32. The van der Waals surface area contributed by atoms with E-state index in [0.29, 0.717) is 30.9 Å². The lowest BCUT2D eigenvalue weighted by molar-refractivity contribution is 0.102. The van der Waals surface area contributed by atoms with Crippen LogP contribution in [0.2, 0.25) is 5.15 Å². The van der Waals surface area contributed by atoms with E-state index in [1.54, 1.807) is 18.2 Å². The molecule has 3 heterocycles. The summed E-state index contributed by atoms with van der Waals surface area (Å²) in [5.41, 5.74) is 4.27. The van der Waals surface area contributed by atoms with E-state index in [2.05, 4.69) is 37.5 Å². The van der Waals surface area contributed by atoms with E-state index in [0.717, 1.165) is 35.1 Å². The molecule has 0 aliphatic rings. The van der Waals surface area contributed by atoms with Crippen LogP contribution >= 0.6 is 11.6 Å². The number of aryl methyl sites for hydroxylation is 1. The zero-order chi connectivity index (χ0) is 26.5. The summed E-state index contributed by atoms with van der Waals surface area (Å²) >= 11 is 6.55. The Kier molecular flexibility index (Phi) is 7.46. The van der Waals surface area contributed by atoms with E-state index < -0.39 is 5.78 Å². The van der Waals surface area contributed by atoms with Crippen LogP contribution in [-0.2, 0) is 13.0 Å². The van der Waals surface area contributed by atoms with Gasteiger partial charge in [0.1, 0.15) is 22.9 Å². The maximum absolute atomic E-state index is 13.6. The molecule has 0 spiro atoms. The van der Waals surface area contributed by atoms with Crippen molar-refractivity contribution < 1.29 is 9.59 Å². The second-order valence-corrected chi connectivity index (χ2v) is 9.11. The molecule has 2 aromatic carbocycles. The van der Waals surface area contributed by atoms with Crippen molar-refractivity contribution in [2.45, 2.75) is 32.7 Å². The van der Waals surface area contributed by atoms with Gasteiger partial charge in [-0.3, -0.25) is 9.59 Å². The topological polar surface area (TPSA) is 119 Å². The average Bonchev–Trinajstić information content (AvgIpc) is 3.60. The van der Waals surface area contributed by atoms with Gasteiger partial charge in [0.05, 0.1) is 0 Å². The normalized spacial score (nSPS) is 11.0. The maximum atomic E-state index is 13.6.